The van der Waals surface area contributed by atoms with Crippen LogP contribution in [0, 0.1) is 6.92 Å². The molecular formula is C16H18N2O3S. The summed E-state index contributed by atoms with van der Waals surface area (Å²) in [6.07, 6.45) is 3.64. The van der Waals surface area contributed by atoms with Gasteiger partial charge in [-0.05, 0) is 25.1 Å². The summed E-state index contributed by atoms with van der Waals surface area (Å²) in [5, 5.41) is 0.859. The molecule has 1 amide bonds. The van der Waals surface area contributed by atoms with Crippen molar-refractivity contribution in [3.05, 3.63) is 34.8 Å². The van der Waals surface area contributed by atoms with Gasteiger partial charge in [0.25, 0.3) is 0 Å². The van der Waals surface area contributed by atoms with Gasteiger partial charge >= 0.3 is 0 Å². The molecule has 0 unspecified atom stereocenters. The van der Waals surface area contributed by atoms with Crippen LogP contribution in [0.25, 0.3) is 10.6 Å². The number of aromatic nitrogens is 1. The van der Waals surface area contributed by atoms with E-state index in [2.05, 4.69) is 4.98 Å². The molecule has 1 fully saturated rings. The molecule has 0 saturated carbocycles. The summed E-state index contributed by atoms with van der Waals surface area (Å²) in [4.78, 5) is 17.0. The summed E-state index contributed by atoms with van der Waals surface area (Å²) < 4.78 is 11.3. The van der Waals surface area contributed by atoms with E-state index in [-0.39, 0.29) is 6.10 Å². The van der Waals surface area contributed by atoms with Gasteiger partial charge in [0.15, 0.2) is 0 Å². The first-order valence-electron chi connectivity index (χ1n) is 7.24. The smallest absolute Gasteiger partial charge is 0.248 e. The first-order chi connectivity index (χ1) is 10.6. The van der Waals surface area contributed by atoms with Gasteiger partial charge < -0.3 is 15.2 Å². The number of ether oxygens (including phenoxy) is 2. The van der Waals surface area contributed by atoms with Crippen molar-refractivity contribution >= 4 is 17.2 Å². The summed E-state index contributed by atoms with van der Waals surface area (Å²) in [5.74, 6) is 0.193. The van der Waals surface area contributed by atoms with E-state index in [0.717, 1.165) is 28.3 Å². The minimum absolute atomic E-state index is 0.114. The predicted molar refractivity (Wildman–Crippen MR) is 85.3 cm³/mol. The van der Waals surface area contributed by atoms with E-state index in [9.17, 15) is 4.79 Å². The highest BCUT2D eigenvalue weighted by Gasteiger charge is 2.17. The summed E-state index contributed by atoms with van der Waals surface area (Å²) in [6.45, 7) is 3.41. The van der Waals surface area contributed by atoms with Crippen LogP contribution in [0.3, 0.4) is 0 Å². The Kier molecular flexibility index (Phi) is 4.40. The van der Waals surface area contributed by atoms with Crippen molar-refractivity contribution in [3.8, 4) is 16.3 Å². The van der Waals surface area contributed by atoms with E-state index < -0.39 is 5.91 Å². The Morgan fingerprint density at radius 1 is 1.36 bits per heavy atom. The first kappa shape index (κ1) is 15.0. The van der Waals surface area contributed by atoms with Gasteiger partial charge in [-0.1, -0.05) is 0 Å². The largest absolute Gasteiger partial charge is 0.490 e. The van der Waals surface area contributed by atoms with Gasteiger partial charge in [-0.3, -0.25) is 4.79 Å². The Bertz CT molecular complexity index is 678. The van der Waals surface area contributed by atoms with Crippen molar-refractivity contribution in [1.29, 1.82) is 0 Å². The minimum Gasteiger partial charge on any atom is -0.490 e. The molecule has 0 radical (unpaired) electrons. The van der Waals surface area contributed by atoms with Crippen molar-refractivity contribution in [2.75, 3.05) is 13.2 Å². The van der Waals surface area contributed by atoms with Gasteiger partial charge in [0.2, 0.25) is 5.91 Å². The third kappa shape index (κ3) is 3.45. The molecule has 1 aromatic heterocycles. The van der Waals surface area contributed by atoms with E-state index in [1.54, 1.807) is 23.5 Å². The maximum atomic E-state index is 11.6. The molecule has 0 bridgehead atoms. The Morgan fingerprint density at radius 3 is 2.77 bits per heavy atom. The van der Waals surface area contributed by atoms with Crippen molar-refractivity contribution < 1.29 is 14.3 Å². The second-order valence-corrected chi connectivity index (χ2v) is 6.55. The van der Waals surface area contributed by atoms with E-state index in [0.29, 0.717) is 24.5 Å². The van der Waals surface area contributed by atoms with Gasteiger partial charge in [0.1, 0.15) is 16.9 Å². The van der Waals surface area contributed by atoms with Gasteiger partial charge in [-0.15, -0.1) is 11.3 Å². The summed E-state index contributed by atoms with van der Waals surface area (Å²) in [6, 6.07) is 5.37. The number of hydrogen-bond donors (Lipinski definition) is 1. The normalized spacial score (nSPS) is 15.7. The summed E-state index contributed by atoms with van der Waals surface area (Å²) in [7, 11) is 0. The topological polar surface area (TPSA) is 74.4 Å². The predicted octanol–water partition coefficient (Wildman–Crippen LogP) is 2.78. The zero-order chi connectivity index (χ0) is 15.5. The minimum atomic E-state index is -0.466. The highest BCUT2D eigenvalue weighted by molar-refractivity contribution is 7.14. The van der Waals surface area contributed by atoms with Crippen LogP contribution < -0.4 is 10.5 Å². The summed E-state index contributed by atoms with van der Waals surface area (Å²) >= 11 is 1.58. The molecule has 0 atom stereocenters. The molecule has 2 heterocycles. The number of rotatable bonds is 4. The lowest BCUT2D eigenvalue weighted by molar-refractivity contribution is 0.0255. The van der Waals surface area contributed by atoms with Gasteiger partial charge in [0, 0.05) is 35.0 Å². The monoisotopic (exact) mass is 318 g/mol. The lowest BCUT2D eigenvalue weighted by Crippen LogP contribution is -2.26. The number of carbonyl (C=O) groups excluding carboxylic acids is 1. The van der Waals surface area contributed by atoms with Crippen molar-refractivity contribution in [2.24, 2.45) is 5.73 Å². The van der Waals surface area contributed by atoms with Crippen LogP contribution in [0.15, 0.2) is 24.4 Å². The van der Waals surface area contributed by atoms with E-state index in [1.165, 1.54) is 0 Å². The molecule has 5 nitrogen and oxygen atoms in total. The SMILES string of the molecule is Cc1cnc(-c2cc(OC3CCOCC3)cc(C(N)=O)c2)s1. The van der Waals surface area contributed by atoms with Crippen LogP contribution in [0.1, 0.15) is 28.1 Å². The Labute approximate surface area is 133 Å². The van der Waals surface area contributed by atoms with Crippen molar-refractivity contribution in [1.82, 2.24) is 4.98 Å². The van der Waals surface area contributed by atoms with Gasteiger partial charge in [0.05, 0.1) is 13.2 Å². The van der Waals surface area contributed by atoms with Gasteiger partial charge in [-0.25, -0.2) is 4.98 Å². The standard InChI is InChI=1S/C16H18N2O3S/c1-10-9-18-16(22-10)12-6-11(15(17)19)7-14(8-12)21-13-2-4-20-5-3-13/h6-9,13H,2-5H2,1H3,(H2,17,19). The molecule has 0 spiro atoms. The highest BCUT2D eigenvalue weighted by Crippen LogP contribution is 2.30. The average molecular weight is 318 g/mol. The van der Waals surface area contributed by atoms with Crippen LogP contribution >= 0.6 is 11.3 Å². The fraction of sp³-hybridized carbons (Fsp3) is 0.375. The molecule has 116 valence electrons. The molecule has 2 N–H and O–H groups in total. The molecule has 1 saturated heterocycles. The second-order valence-electron chi connectivity index (χ2n) is 5.32. The number of aryl methyl sites for hydroxylation is 1. The second kappa shape index (κ2) is 6.46. The summed E-state index contributed by atoms with van der Waals surface area (Å²) in [5.41, 5.74) is 6.73. The maximum absolute atomic E-state index is 11.6. The number of hydrogen-bond acceptors (Lipinski definition) is 5. The number of carbonyl (C=O) groups is 1. The fourth-order valence-corrected chi connectivity index (χ4v) is 3.16. The molecule has 2 aromatic rings. The molecule has 1 aliphatic heterocycles. The number of primary amides is 1. The Hall–Kier alpha value is -1.92. The quantitative estimate of drug-likeness (QED) is 0.940. The van der Waals surface area contributed by atoms with Gasteiger partial charge in [-0.2, -0.15) is 0 Å². The van der Waals surface area contributed by atoms with Crippen molar-refractivity contribution in [2.45, 2.75) is 25.9 Å². The van der Waals surface area contributed by atoms with Crippen LogP contribution in [-0.2, 0) is 4.74 Å². The zero-order valence-corrected chi connectivity index (χ0v) is 13.2. The maximum Gasteiger partial charge on any atom is 0.248 e. The molecule has 1 aromatic carbocycles. The zero-order valence-electron chi connectivity index (χ0n) is 12.4. The number of benzene rings is 1. The lowest BCUT2D eigenvalue weighted by atomic mass is 10.1. The lowest BCUT2D eigenvalue weighted by Gasteiger charge is -2.23. The number of nitrogens with zero attached hydrogens (tertiary/aromatic N) is 1. The van der Waals surface area contributed by atoms with Crippen LogP contribution in [0.2, 0.25) is 0 Å². The highest BCUT2D eigenvalue weighted by atomic mass is 32.1. The fourth-order valence-electron chi connectivity index (χ4n) is 2.41. The van der Waals surface area contributed by atoms with E-state index >= 15 is 0 Å². The molecule has 22 heavy (non-hydrogen) atoms. The van der Waals surface area contributed by atoms with E-state index in [1.807, 2.05) is 19.2 Å². The van der Waals surface area contributed by atoms with Crippen LogP contribution in [0.5, 0.6) is 5.75 Å². The number of amides is 1. The molecule has 0 aliphatic carbocycles. The molecule has 6 heteroatoms. The number of nitrogens with two attached hydrogens (primary N) is 1. The molecule has 1 aliphatic rings. The Morgan fingerprint density at radius 2 is 2.14 bits per heavy atom. The third-order valence-electron chi connectivity index (χ3n) is 3.53. The van der Waals surface area contributed by atoms with Crippen molar-refractivity contribution in [3.63, 3.8) is 0 Å². The molecular weight excluding hydrogens is 300 g/mol. The Balaban J connectivity index is 1.91. The molecule has 3 rings (SSSR count). The third-order valence-corrected chi connectivity index (χ3v) is 4.49. The van der Waals surface area contributed by atoms with Crippen LogP contribution in [-0.4, -0.2) is 30.2 Å². The average Bonchev–Trinajstić information content (AvgIpc) is 2.94. The first-order valence-corrected chi connectivity index (χ1v) is 8.05. The number of thiazole rings is 1. The van der Waals surface area contributed by atoms with Crippen LogP contribution in [0.4, 0.5) is 0 Å². The van der Waals surface area contributed by atoms with E-state index in [4.69, 9.17) is 15.2 Å².